The molecule has 0 amide bonds. The van der Waals surface area contributed by atoms with Crippen LogP contribution in [0.25, 0.3) is 11.1 Å². The van der Waals surface area contributed by atoms with Crippen LogP contribution < -0.4 is 4.18 Å². The van der Waals surface area contributed by atoms with Gasteiger partial charge < -0.3 is 4.18 Å². The molecule has 27 heavy (non-hydrogen) atoms. The Kier molecular flexibility index (Phi) is 5.91. The Bertz CT molecular complexity index is 880. The van der Waals surface area contributed by atoms with Gasteiger partial charge in [0.15, 0.2) is 5.75 Å². The molecule has 2 aromatic carbocycles. The van der Waals surface area contributed by atoms with Crippen molar-refractivity contribution in [2.45, 2.75) is 65.0 Å². The molecule has 0 fully saturated rings. The summed E-state index contributed by atoms with van der Waals surface area (Å²) in [4.78, 5) is 0. The smallest absolute Gasteiger partial charge is 0.228 e. The Morgan fingerprint density at radius 2 is 1.70 bits per heavy atom. The predicted octanol–water partition coefficient (Wildman–Crippen LogP) is 6.21. The molecule has 150 valence electrons. The molecule has 0 aliphatic carbocycles. The van der Waals surface area contributed by atoms with Gasteiger partial charge in [0, 0.05) is 5.56 Å². The molecule has 0 aromatic heterocycles. The van der Waals surface area contributed by atoms with E-state index < -0.39 is 15.2 Å². The lowest BCUT2D eigenvalue weighted by Crippen LogP contribution is -2.47. The summed E-state index contributed by atoms with van der Waals surface area (Å²) >= 11 is 0. The topological polar surface area (TPSA) is 66.8 Å². The summed E-state index contributed by atoms with van der Waals surface area (Å²) in [7, 11) is -5.26. The highest BCUT2D eigenvalue weighted by atomic mass is 32.3. The summed E-state index contributed by atoms with van der Waals surface area (Å²) in [6.45, 7) is 11.7. The maximum Gasteiger partial charge on any atom is 0.228 e. The quantitative estimate of drug-likeness (QED) is 0.588. The van der Waals surface area contributed by atoms with E-state index in [9.17, 15) is 13.3 Å². The van der Waals surface area contributed by atoms with Crippen LogP contribution >= 0.6 is 0 Å². The molecule has 2 N–H and O–H groups in total. The third-order valence-electron chi connectivity index (χ3n) is 5.59. The highest BCUT2D eigenvalue weighted by molar-refractivity contribution is 8.06. The van der Waals surface area contributed by atoms with E-state index >= 15 is 0 Å². The summed E-state index contributed by atoms with van der Waals surface area (Å²) in [5.41, 5.74) is 3.70. The fraction of sp³-hybridized carbons (Fsp3) is 0.455. The van der Waals surface area contributed by atoms with Gasteiger partial charge in [0.05, 0.1) is 5.25 Å². The van der Waals surface area contributed by atoms with Crippen molar-refractivity contribution in [3.8, 4) is 16.9 Å². The molecule has 0 aliphatic heterocycles. The van der Waals surface area contributed by atoms with Gasteiger partial charge in [0.2, 0.25) is 9.91 Å². The maximum absolute atomic E-state index is 12.8. The molecule has 1 atom stereocenters. The van der Waals surface area contributed by atoms with Gasteiger partial charge in [-0.1, -0.05) is 58.0 Å². The van der Waals surface area contributed by atoms with E-state index in [2.05, 4.69) is 20.8 Å². The average Bonchev–Trinajstić information content (AvgIpc) is 2.61. The minimum Gasteiger partial charge on any atom is -0.385 e. The van der Waals surface area contributed by atoms with Crippen LogP contribution in [-0.4, -0.2) is 18.6 Å². The minimum atomic E-state index is -5.26. The third kappa shape index (κ3) is 4.60. The first kappa shape index (κ1) is 21.6. The molecule has 0 heterocycles. The van der Waals surface area contributed by atoms with Gasteiger partial charge in [-0.3, -0.25) is 9.11 Å². The van der Waals surface area contributed by atoms with Crippen LogP contribution in [0.4, 0.5) is 0 Å². The summed E-state index contributed by atoms with van der Waals surface area (Å²) in [6.07, 6.45) is 1.27. The lowest BCUT2D eigenvalue weighted by Gasteiger charge is -2.36. The summed E-state index contributed by atoms with van der Waals surface area (Å²) in [5, 5.41) is -0.904. The molecule has 0 saturated heterocycles. The molecule has 0 spiro atoms. The zero-order chi connectivity index (χ0) is 20.5. The molecule has 0 radical (unpaired) electrons. The minimum absolute atomic E-state index is 0.0493. The first-order valence-electron chi connectivity index (χ1n) is 9.46. The molecule has 4 nitrogen and oxygen atoms in total. The van der Waals surface area contributed by atoms with Crippen molar-refractivity contribution in [2.24, 2.45) is 0 Å². The van der Waals surface area contributed by atoms with E-state index in [-0.39, 0.29) is 11.2 Å². The Labute approximate surface area is 163 Å². The van der Waals surface area contributed by atoms with Crippen molar-refractivity contribution in [2.75, 3.05) is 0 Å². The summed E-state index contributed by atoms with van der Waals surface area (Å²) in [6, 6.07) is 13.4. The lowest BCUT2D eigenvalue weighted by atomic mass is 9.81. The number of hydrogen-bond donors (Lipinski definition) is 2. The van der Waals surface area contributed by atoms with E-state index in [0.717, 1.165) is 23.1 Å². The van der Waals surface area contributed by atoms with Gasteiger partial charge in [-0.25, -0.2) is 0 Å². The van der Waals surface area contributed by atoms with Crippen molar-refractivity contribution in [1.82, 2.24) is 0 Å². The van der Waals surface area contributed by atoms with Crippen LogP contribution in [0.5, 0.6) is 5.75 Å². The van der Waals surface area contributed by atoms with Crippen LogP contribution in [0.15, 0.2) is 42.5 Å². The highest BCUT2D eigenvalue weighted by Crippen LogP contribution is 2.41. The van der Waals surface area contributed by atoms with Crippen LogP contribution in [0.2, 0.25) is 0 Å². The van der Waals surface area contributed by atoms with E-state index in [0.29, 0.717) is 12.0 Å². The number of rotatable bonds is 7. The van der Waals surface area contributed by atoms with Crippen LogP contribution in [0.1, 0.15) is 58.6 Å². The maximum atomic E-state index is 12.8. The largest absolute Gasteiger partial charge is 0.385 e. The fourth-order valence-corrected chi connectivity index (χ4v) is 4.07. The fourth-order valence-electron chi connectivity index (χ4n) is 2.85. The third-order valence-corrected chi connectivity index (χ3v) is 7.79. The Hall–Kier alpha value is -1.69. The predicted molar refractivity (Wildman–Crippen MR) is 114 cm³/mol. The molecule has 0 saturated carbocycles. The van der Waals surface area contributed by atoms with Gasteiger partial charge >= 0.3 is 0 Å². The normalized spacial score (nSPS) is 15.0. The second-order valence-electron chi connectivity index (χ2n) is 7.92. The van der Waals surface area contributed by atoms with Gasteiger partial charge in [-0.05, 0) is 60.9 Å². The summed E-state index contributed by atoms with van der Waals surface area (Å²) in [5.74, 6) is 0.210. The lowest BCUT2D eigenvalue weighted by molar-refractivity contribution is 0.282. The van der Waals surface area contributed by atoms with E-state index in [1.807, 2.05) is 43.3 Å². The molecule has 2 rings (SSSR count). The number of hydrogen-bond acceptors (Lipinski definition) is 2. The van der Waals surface area contributed by atoms with E-state index in [1.165, 1.54) is 6.92 Å². The monoisotopic (exact) mass is 392 g/mol. The molecule has 5 heteroatoms. The molecule has 0 aliphatic rings. The second kappa shape index (κ2) is 7.38. The molecular weight excluding hydrogens is 360 g/mol. The van der Waals surface area contributed by atoms with Crippen LogP contribution in [0.3, 0.4) is 0 Å². The van der Waals surface area contributed by atoms with Gasteiger partial charge in [0.1, 0.15) is 0 Å². The van der Waals surface area contributed by atoms with Crippen molar-refractivity contribution in [1.29, 1.82) is 0 Å². The van der Waals surface area contributed by atoms with Gasteiger partial charge in [-0.2, -0.15) is 4.21 Å². The Balaban J connectivity index is 2.68. The average molecular weight is 393 g/mol. The van der Waals surface area contributed by atoms with E-state index in [4.69, 9.17) is 4.18 Å². The van der Waals surface area contributed by atoms with Crippen molar-refractivity contribution >= 4 is 9.91 Å². The van der Waals surface area contributed by atoms with Gasteiger partial charge in [-0.15, -0.1) is 0 Å². The first-order valence-corrected chi connectivity index (χ1v) is 11.3. The zero-order valence-electron chi connectivity index (χ0n) is 17.2. The molecule has 0 bridgehead atoms. The Morgan fingerprint density at radius 1 is 1.07 bits per heavy atom. The van der Waals surface area contributed by atoms with Crippen molar-refractivity contribution < 1.29 is 17.5 Å². The molecule has 2 aromatic rings. The number of benzene rings is 2. The van der Waals surface area contributed by atoms with Gasteiger partial charge in [0.25, 0.3) is 0 Å². The SMILES string of the molecule is CCC(C)S(=O)(O)(O)Oc1ccc(C(C)(C)CC)cc1-c1ccccc1C. The van der Waals surface area contributed by atoms with Crippen LogP contribution in [0, 0.1) is 6.92 Å². The molecular formula is C22H32O4S. The second-order valence-corrected chi connectivity index (χ2v) is 10.6. The van der Waals surface area contributed by atoms with Crippen molar-refractivity contribution in [3.05, 3.63) is 53.6 Å². The first-order chi connectivity index (χ1) is 12.4. The number of aryl methyl sites for hydroxylation is 1. The standard InChI is InChI=1S/C22H32O4S/c1-7-17(4)27(23,24,25)26-21-14-13-18(22(5,6)8-2)15-20(21)19-12-10-9-11-16(19)3/h9-15,17H,7-8H2,1-6H3,(H2,23,24,25). The summed E-state index contributed by atoms with van der Waals surface area (Å²) < 4.78 is 39.0. The zero-order valence-corrected chi connectivity index (χ0v) is 18.0. The van der Waals surface area contributed by atoms with Crippen molar-refractivity contribution in [3.63, 3.8) is 0 Å². The van der Waals surface area contributed by atoms with E-state index in [1.54, 1.807) is 13.0 Å². The highest BCUT2D eigenvalue weighted by Gasteiger charge is 2.39. The van der Waals surface area contributed by atoms with Crippen LogP contribution in [-0.2, 0) is 15.3 Å². The Morgan fingerprint density at radius 3 is 2.26 bits per heavy atom. The molecule has 1 unspecified atom stereocenters.